The molecule has 2 bridgehead atoms. The molecule has 2 aliphatic carbocycles. The summed E-state index contributed by atoms with van der Waals surface area (Å²) < 4.78 is 53.7. The summed E-state index contributed by atoms with van der Waals surface area (Å²) >= 11 is 2.63. The van der Waals surface area contributed by atoms with E-state index < -0.39 is 35.4 Å². The van der Waals surface area contributed by atoms with Crippen LogP contribution in [0.15, 0.2) is 58.4 Å². The third-order valence-corrected chi connectivity index (χ3v) is 11.0. The van der Waals surface area contributed by atoms with Gasteiger partial charge in [-0.2, -0.15) is 13.2 Å². The lowest BCUT2D eigenvalue weighted by atomic mass is 9.68. The number of alkyl halides is 3. The number of carbonyl (C=O) groups is 2. The van der Waals surface area contributed by atoms with Crippen LogP contribution in [0.25, 0.3) is 0 Å². The fourth-order valence-corrected chi connectivity index (χ4v) is 10.0. The molecule has 4 aliphatic rings. The molecule has 37 heavy (non-hydrogen) atoms. The normalized spacial score (nSPS) is 32.0. The van der Waals surface area contributed by atoms with Crippen molar-refractivity contribution in [1.82, 2.24) is 4.98 Å². The van der Waals surface area contributed by atoms with Crippen LogP contribution in [-0.2, 0) is 15.8 Å². The Hall–Kier alpha value is -2.92. The number of rotatable bonds is 2. The first-order chi connectivity index (χ1) is 17.6. The number of nitrogens with one attached hydrogen (secondary N) is 1. The molecular weight excluding hydrogens is 528 g/mol. The minimum absolute atomic E-state index is 0.0581. The van der Waals surface area contributed by atoms with Crippen molar-refractivity contribution in [1.29, 1.82) is 0 Å². The third kappa shape index (κ3) is 3.26. The zero-order valence-corrected chi connectivity index (χ0v) is 20.5. The molecule has 2 saturated carbocycles. The molecule has 3 fully saturated rings. The van der Waals surface area contributed by atoms with Crippen molar-refractivity contribution in [2.45, 2.75) is 28.8 Å². The number of aromatic nitrogens is 1. The SMILES string of the molecule is O=C1C2C3CC(C2C(=O)N1c1cccc(C(F)(F)F)c1)C1C(c2ccc(F)cc2)c2sc(=O)[nH]c2SC31. The average molecular weight is 547 g/mol. The standard InChI is InChI=1S/C26H18F4N2O3S2/c27-12-6-4-10(5-7-12)16-17-14-9-15(20(17)36-22-21(16)37-25(35)31-22)19-18(14)23(33)32(24(19)34)13-3-1-2-11(8-13)26(28,29)30/h1-8,14-20H,9H2,(H,31,35). The van der Waals surface area contributed by atoms with Crippen LogP contribution in [0.5, 0.6) is 0 Å². The Labute approximate surface area is 215 Å². The van der Waals surface area contributed by atoms with Gasteiger partial charge in [-0.3, -0.25) is 19.3 Å². The van der Waals surface area contributed by atoms with E-state index in [9.17, 15) is 31.9 Å². The lowest BCUT2D eigenvalue weighted by Gasteiger charge is -2.43. The second kappa shape index (κ2) is 7.80. The summed E-state index contributed by atoms with van der Waals surface area (Å²) in [6.07, 6.45) is -3.94. The predicted octanol–water partition coefficient (Wildman–Crippen LogP) is 5.27. The molecule has 7 unspecified atom stereocenters. The number of aromatic amines is 1. The number of thiazole rings is 1. The molecule has 190 valence electrons. The molecule has 7 rings (SSSR count). The number of imide groups is 1. The summed E-state index contributed by atoms with van der Waals surface area (Å²) in [5, 5.41) is 0.679. The van der Waals surface area contributed by atoms with Crippen molar-refractivity contribution in [2.24, 2.45) is 29.6 Å². The number of nitrogens with zero attached hydrogens (tertiary/aromatic N) is 1. The van der Waals surface area contributed by atoms with Crippen LogP contribution < -0.4 is 9.77 Å². The maximum absolute atomic E-state index is 13.7. The maximum atomic E-state index is 13.7. The van der Waals surface area contributed by atoms with E-state index in [1.54, 1.807) is 12.1 Å². The van der Waals surface area contributed by atoms with E-state index in [-0.39, 0.29) is 45.3 Å². The van der Waals surface area contributed by atoms with Crippen molar-refractivity contribution in [3.63, 3.8) is 0 Å². The van der Waals surface area contributed by atoms with E-state index in [0.717, 1.165) is 43.8 Å². The van der Waals surface area contributed by atoms with Crippen LogP contribution >= 0.6 is 23.1 Å². The Morgan fingerprint density at radius 2 is 1.65 bits per heavy atom. The number of carbonyl (C=O) groups excluding carboxylic acids is 2. The first kappa shape index (κ1) is 23.2. The number of halogens is 4. The molecule has 1 aromatic heterocycles. The summed E-state index contributed by atoms with van der Waals surface area (Å²) in [4.78, 5) is 44.0. The van der Waals surface area contributed by atoms with Gasteiger partial charge in [0, 0.05) is 16.0 Å². The highest BCUT2D eigenvalue weighted by atomic mass is 32.2. The number of thioether (sulfide) groups is 1. The number of H-pyrrole nitrogens is 1. The topological polar surface area (TPSA) is 70.2 Å². The van der Waals surface area contributed by atoms with E-state index in [4.69, 9.17) is 0 Å². The fourth-order valence-electron chi connectivity index (χ4n) is 7.14. The summed E-state index contributed by atoms with van der Waals surface area (Å²) in [6, 6.07) is 10.5. The number of amides is 2. The number of benzene rings is 2. The fraction of sp³-hybridized carbons (Fsp3) is 0.346. The van der Waals surface area contributed by atoms with Gasteiger partial charge in [0.15, 0.2) is 0 Å². The van der Waals surface area contributed by atoms with Gasteiger partial charge < -0.3 is 4.98 Å². The van der Waals surface area contributed by atoms with Crippen LogP contribution in [0, 0.1) is 35.4 Å². The lowest BCUT2D eigenvalue weighted by Crippen LogP contribution is -2.42. The summed E-state index contributed by atoms with van der Waals surface area (Å²) in [6.45, 7) is 0. The van der Waals surface area contributed by atoms with Gasteiger partial charge in [0.25, 0.3) is 0 Å². The van der Waals surface area contributed by atoms with E-state index in [0.29, 0.717) is 6.42 Å². The van der Waals surface area contributed by atoms with E-state index in [2.05, 4.69) is 4.98 Å². The van der Waals surface area contributed by atoms with E-state index >= 15 is 0 Å². The van der Waals surface area contributed by atoms with Gasteiger partial charge in [-0.05, 0) is 60.1 Å². The van der Waals surface area contributed by atoms with Crippen LogP contribution in [0.4, 0.5) is 23.2 Å². The quantitative estimate of drug-likeness (QED) is 0.351. The molecular formula is C26H18F4N2O3S2. The summed E-state index contributed by atoms with van der Waals surface area (Å²) in [7, 11) is 0. The van der Waals surface area contributed by atoms with Crippen LogP contribution in [-0.4, -0.2) is 22.0 Å². The van der Waals surface area contributed by atoms with E-state index in [1.165, 1.54) is 36.0 Å². The Morgan fingerprint density at radius 1 is 0.946 bits per heavy atom. The predicted molar refractivity (Wildman–Crippen MR) is 129 cm³/mol. The van der Waals surface area contributed by atoms with Crippen LogP contribution in [0.1, 0.15) is 28.3 Å². The van der Waals surface area contributed by atoms with Crippen molar-refractivity contribution in [3.05, 3.63) is 80.0 Å². The zero-order chi connectivity index (χ0) is 25.8. The van der Waals surface area contributed by atoms with Crippen molar-refractivity contribution >= 4 is 40.6 Å². The van der Waals surface area contributed by atoms with Crippen LogP contribution in [0.2, 0.25) is 0 Å². The average Bonchev–Trinajstić information content (AvgIpc) is 3.58. The molecule has 0 spiro atoms. The highest BCUT2D eigenvalue weighted by molar-refractivity contribution is 8.00. The van der Waals surface area contributed by atoms with Crippen molar-refractivity contribution in [2.75, 3.05) is 4.90 Å². The molecule has 2 aliphatic heterocycles. The Morgan fingerprint density at radius 3 is 2.35 bits per heavy atom. The van der Waals surface area contributed by atoms with Crippen molar-refractivity contribution < 1.29 is 27.2 Å². The molecule has 5 nitrogen and oxygen atoms in total. The second-order valence-electron chi connectivity index (χ2n) is 10.1. The van der Waals surface area contributed by atoms with Crippen molar-refractivity contribution in [3.8, 4) is 0 Å². The molecule has 0 radical (unpaired) electrons. The van der Waals surface area contributed by atoms with Gasteiger partial charge in [0.2, 0.25) is 11.8 Å². The first-order valence-electron chi connectivity index (χ1n) is 11.8. The number of hydrogen-bond acceptors (Lipinski definition) is 5. The smallest absolute Gasteiger partial charge is 0.307 e. The minimum Gasteiger partial charge on any atom is -0.307 e. The van der Waals surface area contributed by atoms with Gasteiger partial charge in [0.05, 0.1) is 28.1 Å². The largest absolute Gasteiger partial charge is 0.416 e. The Kier molecular flexibility index (Phi) is 4.89. The molecule has 11 heteroatoms. The Bertz CT molecular complexity index is 1510. The summed E-state index contributed by atoms with van der Waals surface area (Å²) in [5.74, 6) is -3.19. The monoisotopic (exact) mass is 546 g/mol. The van der Waals surface area contributed by atoms with Gasteiger partial charge in [0.1, 0.15) is 5.82 Å². The Balaban J connectivity index is 1.30. The van der Waals surface area contributed by atoms with Gasteiger partial charge >= 0.3 is 11.0 Å². The molecule has 3 heterocycles. The van der Waals surface area contributed by atoms with E-state index in [1.807, 2.05) is 0 Å². The van der Waals surface area contributed by atoms with Gasteiger partial charge in [-0.1, -0.05) is 29.5 Å². The highest BCUT2D eigenvalue weighted by Crippen LogP contribution is 2.68. The second-order valence-corrected chi connectivity index (χ2v) is 12.3. The first-order valence-corrected chi connectivity index (χ1v) is 13.5. The van der Waals surface area contributed by atoms with Gasteiger partial charge in [-0.15, -0.1) is 11.8 Å². The number of hydrogen-bond donors (Lipinski definition) is 1. The highest BCUT2D eigenvalue weighted by Gasteiger charge is 2.69. The molecule has 7 atom stereocenters. The lowest BCUT2D eigenvalue weighted by molar-refractivity contribution is -0.137. The van der Waals surface area contributed by atoms with Gasteiger partial charge in [-0.25, -0.2) is 4.39 Å². The van der Waals surface area contributed by atoms with Crippen LogP contribution in [0.3, 0.4) is 0 Å². The number of anilines is 1. The maximum Gasteiger partial charge on any atom is 0.416 e. The molecule has 1 N–H and O–H groups in total. The third-order valence-electron chi connectivity index (χ3n) is 8.38. The molecule has 1 saturated heterocycles. The molecule has 3 aromatic rings. The summed E-state index contributed by atoms with van der Waals surface area (Å²) in [5.41, 5.74) is -0.142. The molecule has 2 aromatic carbocycles. The zero-order valence-electron chi connectivity index (χ0n) is 18.9. The molecule has 2 amide bonds. The minimum atomic E-state index is -4.60. The number of fused-ring (bicyclic) bond motifs is 9.